The van der Waals surface area contributed by atoms with Gasteiger partial charge in [-0.2, -0.15) is 0 Å². The summed E-state index contributed by atoms with van der Waals surface area (Å²) < 4.78 is 16.8. The molecule has 0 aliphatic rings. The smallest absolute Gasteiger partial charge is 0.306 e. The van der Waals surface area contributed by atoms with Crippen molar-refractivity contribution in [1.29, 1.82) is 0 Å². The molecule has 0 bridgehead atoms. The molecular formula is C59H98O6. The Morgan fingerprint density at radius 1 is 0.323 bits per heavy atom. The first-order valence-electron chi connectivity index (χ1n) is 26.7. The van der Waals surface area contributed by atoms with Crippen LogP contribution < -0.4 is 0 Å². The third kappa shape index (κ3) is 51.2. The standard InChI is InChI=1S/C59H98O6/c1-4-7-10-13-16-19-22-25-28-29-30-31-32-35-37-40-43-46-49-52-58(61)64-55-56(65-59(62)53-50-47-44-41-38-34-27-24-21-18-15-12-9-6-3)54-63-57(60)51-48-45-42-39-36-33-26-23-20-17-14-11-8-5-2/h7,9-10,12,16,18-19,21,25,28,30-31,33,35-37,56H,4-6,8,11,13-15,17,20,22-24,26-27,29,32,34,38-55H2,1-3H3/b10-7-,12-9-,19-16-,21-18-,28-25-,31-30-,36-33-,37-35-. The van der Waals surface area contributed by atoms with E-state index in [9.17, 15) is 14.4 Å². The van der Waals surface area contributed by atoms with E-state index in [-0.39, 0.29) is 31.1 Å². The molecule has 0 aliphatic carbocycles. The van der Waals surface area contributed by atoms with Crippen LogP contribution >= 0.6 is 0 Å². The van der Waals surface area contributed by atoms with Crippen molar-refractivity contribution in [2.45, 2.75) is 245 Å². The molecule has 0 aliphatic heterocycles. The molecule has 0 rings (SSSR count). The Hall–Kier alpha value is -3.67. The molecule has 0 fully saturated rings. The predicted octanol–water partition coefficient (Wildman–Crippen LogP) is 17.8. The van der Waals surface area contributed by atoms with Crippen LogP contribution in [0.5, 0.6) is 0 Å². The van der Waals surface area contributed by atoms with E-state index in [1.54, 1.807) is 0 Å². The minimum absolute atomic E-state index is 0.100. The van der Waals surface area contributed by atoms with Crippen molar-refractivity contribution in [3.05, 3.63) is 97.2 Å². The van der Waals surface area contributed by atoms with Crippen LogP contribution in [0.25, 0.3) is 0 Å². The summed E-state index contributed by atoms with van der Waals surface area (Å²) in [4.78, 5) is 38.0. The molecule has 6 nitrogen and oxygen atoms in total. The van der Waals surface area contributed by atoms with Crippen molar-refractivity contribution in [2.75, 3.05) is 13.2 Å². The van der Waals surface area contributed by atoms with Crippen LogP contribution in [0.4, 0.5) is 0 Å². The Labute approximate surface area is 400 Å². The van der Waals surface area contributed by atoms with Crippen molar-refractivity contribution in [2.24, 2.45) is 0 Å². The normalized spacial score (nSPS) is 12.8. The highest BCUT2D eigenvalue weighted by molar-refractivity contribution is 5.71. The fourth-order valence-corrected chi connectivity index (χ4v) is 7.09. The molecule has 0 saturated carbocycles. The molecule has 0 spiro atoms. The summed E-state index contributed by atoms with van der Waals surface area (Å²) in [7, 11) is 0. The fourth-order valence-electron chi connectivity index (χ4n) is 7.09. The number of ether oxygens (including phenoxy) is 3. The molecule has 0 aromatic heterocycles. The molecule has 0 aromatic carbocycles. The Morgan fingerprint density at radius 3 is 0.969 bits per heavy atom. The number of hydrogen-bond acceptors (Lipinski definition) is 6. The number of hydrogen-bond donors (Lipinski definition) is 0. The highest BCUT2D eigenvalue weighted by Crippen LogP contribution is 2.14. The van der Waals surface area contributed by atoms with E-state index in [4.69, 9.17) is 14.2 Å². The van der Waals surface area contributed by atoms with Gasteiger partial charge in [0, 0.05) is 19.3 Å². The highest BCUT2D eigenvalue weighted by Gasteiger charge is 2.19. The van der Waals surface area contributed by atoms with Gasteiger partial charge in [-0.3, -0.25) is 14.4 Å². The van der Waals surface area contributed by atoms with Gasteiger partial charge in [-0.1, -0.05) is 201 Å². The van der Waals surface area contributed by atoms with E-state index in [2.05, 4.69) is 118 Å². The maximum Gasteiger partial charge on any atom is 0.306 e. The second kappa shape index (κ2) is 52.9. The van der Waals surface area contributed by atoms with Crippen LogP contribution in [-0.2, 0) is 28.6 Å². The molecule has 0 aromatic rings. The number of esters is 3. The Kier molecular flexibility index (Phi) is 50.0. The van der Waals surface area contributed by atoms with Gasteiger partial charge in [0.2, 0.25) is 0 Å². The first-order chi connectivity index (χ1) is 32.0. The third-order valence-electron chi connectivity index (χ3n) is 11.1. The second-order valence-corrected chi connectivity index (χ2v) is 17.4. The van der Waals surface area contributed by atoms with Crippen LogP contribution in [0.3, 0.4) is 0 Å². The number of carbonyl (C=O) groups excluding carboxylic acids is 3. The molecule has 1 unspecified atom stereocenters. The lowest BCUT2D eigenvalue weighted by atomic mass is 10.1. The topological polar surface area (TPSA) is 78.9 Å². The summed E-state index contributed by atoms with van der Waals surface area (Å²) >= 11 is 0. The third-order valence-corrected chi connectivity index (χ3v) is 11.1. The molecule has 0 amide bonds. The average molecular weight is 903 g/mol. The van der Waals surface area contributed by atoms with Crippen LogP contribution in [-0.4, -0.2) is 37.2 Å². The number of allylic oxidation sites excluding steroid dienone is 16. The summed E-state index contributed by atoms with van der Waals surface area (Å²) in [5, 5.41) is 0. The zero-order chi connectivity index (χ0) is 47.2. The zero-order valence-electron chi connectivity index (χ0n) is 42.2. The highest BCUT2D eigenvalue weighted by atomic mass is 16.6. The fraction of sp³-hybridized carbons (Fsp3) is 0.678. The number of carbonyl (C=O) groups is 3. The van der Waals surface area contributed by atoms with Crippen molar-refractivity contribution in [3.8, 4) is 0 Å². The average Bonchev–Trinajstić information content (AvgIpc) is 3.30. The lowest BCUT2D eigenvalue weighted by Gasteiger charge is -2.18. The maximum absolute atomic E-state index is 12.8. The van der Waals surface area contributed by atoms with E-state index in [0.29, 0.717) is 19.3 Å². The SMILES string of the molecule is CC/C=C\C/C=C\C/C=C\C/C=C\C/C=C\CCCCCC(=O)OCC(COC(=O)CCCCC/C=C\CCCCCCCCC)OC(=O)CCCCCCCCC/C=C\C/C=C\CC. The lowest BCUT2D eigenvalue weighted by molar-refractivity contribution is -0.167. The van der Waals surface area contributed by atoms with Crippen molar-refractivity contribution < 1.29 is 28.6 Å². The molecule has 65 heavy (non-hydrogen) atoms. The van der Waals surface area contributed by atoms with Gasteiger partial charge >= 0.3 is 17.9 Å². The first-order valence-corrected chi connectivity index (χ1v) is 26.7. The van der Waals surface area contributed by atoms with E-state index in [1.165, 1.54) is 70.6 Å². The van der Waals surface area contributed by atoms with Gasteiger partial charge < -0.3 is 14.2 Å². The summed E-state index contributed by atoms with van der Waals surface area (Å²) in [5.41, 5.74) is 0. The maximum atomic E-state index is 12.8. The van der Waals surface area contributed by atoms with E-state index >= 15 is 0 Å². The summed E-state index contributed by atoms with van der Waals surface area (Å²) in [6, 6.07) is 0. The van der Waals surface area contributed by atoms with E-state index < -0.39 is 6.10 Å². The summed E-state index contributed by atoms with van der Waals surface area (Å²) in [6.07, 6.45) is 69.6. The molecular weight excluding hydrogens is 805 g/mol. The van der Waals surface area contributed by atoms with Gasteiger partial charge in [0.1, 0.15) is 13.2 Å². The quantitative estimate of drug-likeness (QED) is 0.0262. The van der Waals surface area contributed by atoms with Crippen molar-refractivity contribution in [3.63, 3.8) is 0 Å². The minimum atomic E-state index is -0.802. The van der Waals surface area contributed by atoms with Gasteiger partial charge in [0.05, 0.1) is 0 Å². The van der Waals surface area contributed by atoms with Crippen LogP contribution in [0, 0.1) is 0 Å². The molecule has 1 atom stereocenters. The molecule has 0 saturated heterocycles. The molecule has 6 heteroatoms. The summed E-state index contributed by atoms with van der Waals surface area (Å²) in [6.45, 7) is 6.36. The minimum Gasteiger partial charge on any atom is -0.462 e. The first kappa shape index (κ1) is 61.3. The van der Waals surface area contributed by atoms with Gasteiger partial charge in [-0.15, -0.1) is 0 Å². The van der Waals surface area contributed by atoms with Gasteiger partial charge in [-0.05, 0) is 116 Å². The van der Waals surface area contributed by atoms with Crippen LogP contribution in [0.1, 0.15) is 239 Å². The number of rotatable bonds is 47. The van der Waals surface area contributed by atoms with Crippen molar-refractivity contribution in [1.82, 2.24) is 0 Å². The van der Waals surface area contributed by atoms with E-state index in [1.807, 2.05) is 0 Å². The molecule has 0 N–H and O–H groups in total. The summed E-state index contributed by atoms with van der Waals surface area (Å²) in [5.74, 6) is -0.957. The van der Waals surface area contributed by atoms with Crippen LogP contribution in [0.2, 0.25) is 0 Å². The van der Waals surface area contributed by atoms with Gasteiger partial charge in [-0.25, -0.2) is 0 Å². The Bertz CT molecular complexity index is 1310. The Morgan fingerprint density at radius 2 is 0.600 bits per heavy atom. The molecule has 0 radical (unpaired) electrons. The monoisotopic (exact) mass is 903 g/mol. The number of unbranched alkanes of at least 4 members (excludes halogenated alkanes) is 20. The lowest BCUT2D eigenvalue weighted by Crippen LogP contribution is -2.30. The van der Waals surface area contributed by atoms with Gasteiger partial charge in [0.15, 0.2) is 6.10 Å². The largest absolute Gasteiger partial charge is 0.462 e. The van der Waals surface area contributed by atoms with E-state index in [0.717, 1.165) is 128 Å². The zero-order valence-corrected chi connectivity index (χ0v) is 42.2. The predicted molar refractivity (Wildman–Crippen MR) is 279 cm³/mol. The van der Waals surface area contributed by atoms with Crippen molar-refractivity contribution >= 4 is 17.9 Å². The van der Waals surface area contributed by atoms with Gasteiger partial charge in [0.25, 0.3) is 0 Å². The molecule has 370 valence electrons. The van der Waals surface area contributed by atoms with Crippen LogP contribution in [0.15, 0.2) is 97.2 Å². The Balaban J connectivity index is 4.47. The molecule has 0 heterocycles. The second-order valence-electron chi connectivity index (χ2n) is 17.4.